The van der Waals surface area contributed by atoms with Crippen LogP contribution in [0.4, 0.5) is 0 Å². The van der Waals surface area contributed by atoms with Crippen molar-refractivity contribution >= 4 is 5.65 Å². The lowest BCUT2D eigenvalue weighted by atomic mass is 10.3. The molecule has 0 amide bonds. The van der Waals surface area contributed by atoms with E-state index >= 15 is 0 Å². The molecule has 0 N–H and O–H groups in total. The first-order valence-corrected chi connectivity index (χ1v) is 6.02. The Morgan fingerprint density at radius 3 is 2.76 bits per heavy atom. The predicted octanol–water partition coefficient (Wildman–Crippen LogP) is 0.477. The minimum Gasteiger partial charge on any atom is -0.304 e. The second-order valence-electron chi connectivity index (χ2n) is 4.62. The molecule has 0 radical (unpaired) electrons. The van der Waals surface area contributed by atoms with Crippen molar-refractivity contribution in [2.45, 2.75) is 6.54 Å². The SMILES string of the molecule is CN1CCN(Cc2nnc3ccccn23)CC1. The van der Waals surface area contributed by atoms with Crippen molar-refractivity contribution in [2.24, 2.45) is 0 Å². The predicted molar refractivity (Wildman–Crippen MR) is 65.8 cm³/mol. The highest BCUT2D eigenvalue weighted by molar-refractivity contribution is 5.36. The van der Waals surface area contributed by atoms with Gasteiger partial charge in [0, 0.05) is 32.4 Å². The Morgan fingerprint density at radius 1 is 1.12 bits per heavy atom. The highest BCUT2D eigenvalue weighted by Crippen LogP contribution is 2.08. The molecular weight excluding hydrogens is 214 g/mol. The zero-order chi connectivity index (χ0) is 11.7. The molecule has 90 valence electrons. The minimum absolute atomic E-state index is 0.888. The van der Waals surface area contributed by atoms with Crippen molar-refractivity contribution in [2.75, 3.05) is 33.2 Å². The van der Waals surface area contributed by atoms with Gasteiger partial charge in [0.2, 0.25) is 0 Å². The van der Waals surface area contributed by atoms with Crippen LogP contribution in [0.3, 0.4) is 0 Å². The van der Waals surface area contributed by atoms with E-state index in [1.807, 2.05) is 24.4 Å². The number of pyridine rings is 1. The van der Waals surface area contributed by atoms with E-state index in [-0.39, 0.29) is 0 Å². The first-order valence-electron chi connectivity index (χ1n) is 6.02. The van der Waals surface area contributed by atoms with E-state index in [0.29, 0.717) is 0 Å². The quantitative estimate of drug-likeness (QED) is 0.753. The average Bonchev–Trinajstić information content (AvgIpc) is 2.76. The summed E-state index contributed by atoms with van der Waals surface area (Å²) in [7, 11) is 2.17. The van der Waals surface area contributed by atoms with E-state index < -0.39 is 0 Å². The average molecular weight is 231 g/mol. The van der Waals surface area contributed by atoms with Crippen molar-refractivity contribution in [1.29, 1.82) is 0 Å². The maximum atomic E-state index is 4.27. The summed E-state index contributed by atoms with van der Waals surface area (Å²) in [6.07, 6.45) is 2.03. The van der Waals surface area contributed by atoms with E-state index in [1.54, 1.807) is 0 Å². The molecule has 0 bridgehead atoms. The summed E-state index contributed by atoms with van der Waals surface area (Å²) in [5.74, 6) is 1.03. The number of nitrogens with zero attached hydrogens (tertiary/aromatic N) is 5. The monoisotopic (exact) mass is 231 g/mol. The summed E-state index contributed by atoms with van der Waals surface area (Å²) in [6, 6.07) is 5.99. The van der Waals surface area contributed by atoms with Gasteiger partial charge in [0.25, 0.3) is 0 Å². The Balaban J connectivity index is 1.76. The largest absolute Gasteiger partial charge is 0.304 e. The molecule has 0 saturated carbocycles. The molecule has 2 aromatic rings. The zero-order valence-electron chi connectivity index (χ0n) is 10.1. The summed E-state index contributed by atoms with van der Waals surface area (Å²) in [6.45, 7) is 5.38. The lowest BCUT2D eigenvalue weighted by Crippen LogP contribution is -2.44. The van der Waals surface area contributed by atoms with E-state index in [4.69, 9.17) is 0 Å². The van der Waals surface area contributed by atoms with Crippen LogP contribution in [0.15, 0.2) is 24.4 Å². The summed E-state index contributed by atoms with van der Waals surface area (Å²) in [5.41, 5.74) is 0.927. The topological polar surface area (TPSA) is 36.7 Å². The van der Waals surface area contributed by atoms with Gasteiger partial charge in [-0.05, 0) is 19.2 Å². The first kappa shape index (κ1) is 10.7. The van der Waals surface area contributed by atoms with Crippen LogP contribution in [0.2, 0.25) is 0 Å². The van der Waals surface area contributed by atoms with Crippen molar-refractivity contribution in [3.63, 3.8) is 0 Å². The molecule has 3 heterocycles. The van der Waals surface area contributed by atoms with E-state index in [1.165, 1.54) is 0 Å². The number of fused-ring (bicyclic) bond motifs is 1. The fourth-order valence-electron chi connectivity index (χ4n) is 2.20. The Labute approximate surface area is 101 Å². The molecule has 1 aliphatic rings. The summed E-state index contributed by atoms with van der Waals surface area (Å²) in [4.78, 5) is 4.79. The fraction of sp³-hybridized carbons (Fsp3) is 0.500. The molecule has 17 heavy (non-hydrogen) atoms. The summed E-state index contributed by atoms with van der Waals surface area (Å²) >= 11 is 0. The number of rotatable bonds is 2. The van der Waals surface area contributed by atoms with Gasteiger partial charge in [-0.2, -0.15) is 0 Å². The maximum Gasteiger partial charge on any atom is 0.160 e. The highest BCUT2D eigenvalue weighted by atomic mass is 15.3. The molecule has 0 aromatic carbocycles. The first-order chi connectivity index (χ1) is 8.33. The molecule has 2 aromatic heterocycles. The van der Waals surface area contributed by atoms with Gasteiger partial charge in [-0.1, -0.05) is 6.07 Å². The smallest absolute Gasteiger partial charge is 0.160 e. The molecule has 1 fully saturated rings. The normalized spacial score (nSPS) is 18.9. The van der Waals surface area contributed by atoms with Gasteiger partial charge in [-0.3, -0.25) is 9.30 Å². The van der Waals surface area contributed by atoms with Gasteiger partial charge in [0.05, 0.1) is 6.54 Å². The van der Waals surface area contributed by atoms with Gasteiger partial charge in [-0.15, -0.1) is 10.2 Å². The number of likely N-dealkylation sites (N-methyl/N-ethyl adjacent to an activating group) is 1. The van der Waals surface area contributed by atoms with Gasteiger partial charge >= 0.3 is 0 Å². The Hall–Kier alpha value is -1.46. The van der Waals surface area contributed by atoms with Crippen LogP contribution in [-0.2, 0) is 6.54 Å². The molecule has 1 aliphatic heterocycles. The second kappa shape index (κ2) is 4.43. The third kappa shape index (κ3) is 2.16. The maximum absolute atomic E-state index is 4.27. The van der Waals surface area contributed by atoms with Gasteiger partial charge in [-0.25, -0.2) is 0 Å². The van der Waals surface area contributed by atoms with E-state index in [9.17, 15) is 0 Å². The lowest BCUT2D eigenvalue weighted by molar-refractivity contribution is 0.145. The Morgan fingerprint density at radius 2 is 1.94 bits per heavy atom. The van der Waals surface area contributed by atoms with Crippen LogP contribution in [0, 0.1) is 0 Å². The molecule has 0 unspecified atom stereocenters. The molecular formula is C12H17N5. The second-order valence-corrected chi connectivity index (χ2v) is 4.62. The van der Waals surface area contributed by atoms with Crippen molar-refractivity contribution in [3.05, 3.63) is 30.2 Å². The Bertz CT molecular complexity index is 498. The number of hydrogen-bond donors (Lipinski definition) is 0. The third-order valence-corrected chi connectivity index (χ3v) is 3.35. The summed E-state index contributed by atoms with van der Waals surface area (Å²) in [5, 5.41) is 8.44. The van der Waals surface area contributed by atoms with E-state index in [0.717, 1.165) is 44.2 Å². The highest BCUT2D eigenvalue weighted by Gasteiger charge is 2.16. The van der Waals surface area contributed by atoms with Crippen molar-refractivity contribution in [3.8, 4) is 0 Å². The molecule has 5 nitrogen and oxygen atoms in total. The van der Waals surface area contributed by atoms with Crippen LogP contribution in [-0.4, -0.2) is 57.6 Å². The van der Waals surface area contributed by atoms with Crippen molar-refractivity contribution in [1.82, 2.24) is 24.4 Å². The third-order valence-electron chi connectivity index (χ3n) is 3.35. The molecule has 5 heteroatoms. The Kier molecular flexibility index (Phi) is 2.78. The summed E-state index contributed by atoms with van der Waals surface area (Å²) < 4.78 is 2.07. The lowest BCUT2D eigenvalue weighted by Gasteiger charge is -2.31. The minimum atomic E-state index is 0.888. The van der Waals surface area contributed by atoms with Crippen LogP contribution in [0.1, 0.15) is 5.82 Å². The van der Waals surface area contributed by atoms with Crippen LogP contribution in [0.25, 0.3) is 5.65 Å². The van der Waals surface area contributed by atoms with E-state index in [2.05, 4.69) is 31.4 Å². The van der Waals surface area contributed by atoms with Gasteiger partial charge in [0.1, 0.15) is 0 Å². The number of piperazine rings is 1. The molecule has 0 aliphatic carbocycles. The molecule has 3 rings (SSSR count). The van der Waals surface area contributed by atoms with Crippen LogP contribution >= 0.6 is 0 Å². The van der Waals surface area contributed by atoms with Crippen LogP contribution in [0.5, 0.6) is 0 Å². The van der Waals surface area contributed by atoms with Gasteiger partial charge < -0.3 is 4.90 Å². The van der Waals surface area contributed by atoms with Crippen molar-refractivity contribution < 1.29 is 0 Å². The molecule has 0 atom stereocenters. The molecule has 0 spiro atoms. The fourth-order valence-corrected chi connectivity index (χ4v) is 2.20. The zero-order valence-corrected chi connectivity index (χ0v) is 10.1. The molecule has 1 saturated heterocycles. The standard InChI is InChI=1S/C12H17N5/c1-15-6-8-16(9-7-15)10-12-14-13-11-4-2-3-5-17(11)12/h2-5H,6-10H2,1H3. The number of hydrogen-bond acceptors (Lipinski definition) is 4. The van der Waals surface area contributed by atoms with Crippen LogP contribution < -0.4 is 0 Å². The van der Waals surface area contributed by atoms with Gasteiger partial charge in [0.15, 0.2) is 11.5 Å². The number of aromatic nitrogens is 3.